The number of aromatic nitrogens is 3. The summed E-state index contributed by atoms with van der Waals surface area (Å²) in [4.78, 5) is 17.8. The Kier molecular flexibility index (Phi) is 8.00. The zero-order valence-electron chi connectivity index (χ0n) is 23.5. The molecule has 2 N–H and O–H groups in total. The molecule has 2 heterocycles. The van der Waals surface area contributed by atoms with E-state index in [1.807, 2.05) is 0 Å². The van der Waals surface area contributed by atoms with Crippen molar-refractivity contribution >= 4 is 21.8 Å². The normalized spacial score (nSPS) is 21.7. The number of carbonyl (C=O) groups excluding carboxylic acids is 1. The van der Waals surface area contributed by atoms with Crippen molar-refractivity contribution in [2.45, 2.75) is 81.2 Å². The molecule has 0 aliphatic heterocycles. The highest BCUT2D eigenvalue weighted by molar-refractivity contribution is 9.10. The molecule has 2 saturated carbocycles. The summed E-state index contributed by atoms with van der Waals surface area (Å²) < 4.78 is 101. The van der Waals surface area contributed by atoms with Gasteiger partial charge in [-0.15, -0.1) is 0 Å². The molecule has 1 amide bonds. The molecule has 6 rings (SSSR count). The van der Waals surface area contributed by atoms with Gasteiger partial charge in [0.2, 0.25) is 5.91 Å². The summed E-state index contributed by atoms with van der Waals surface area (Å²) in [6, 6.07) is 4.75. The summed E-state index contributed by atoms with van der Waals surface area (Å²) in [6.07, 6.45) is -2.37. The SMILES string of the molecule is O=C(Cn1nc(C(F)(F)F)c2c1C(F)(F)[C@@H]1CC[C@H]21)N[C@@H](Cc1cc(F)cc(F)c1)c1nc(C#CC2(O)CCCC2)ccc1Br. The number of alkyl halides is 5. The van der Waals surface area contributed by atoms with E-state index in [0.29, 0.717) is 28.1 Å². The highest BCUT2D eigenvalue weighted by Crippen LogP contribution is 2.64. The Morgan fingerprint density at radius 3 is 2.44 bits per heavy atom. The quantitative estimate of drug-likeness (QED) is 0.222. The molecule has 45 heavy (non-hydrogen) atoms. The fraction of sp³-hybridized carbons (Fsp3) is 0.452. The van der Waals surface area contributed by atoms with Crippen LogP contribution >= 0.6 is 15.9 Å². The lowest BCUT2D eigenvalue weighted by atomic mass is 9.73. The Bertz CT molecular complexity index is 1700. The molecular formula is C31H26BrF7N4O2. The van der Waals surface area contributed by atoms with E-state index >= 15 is 8.78 Å². The molecule has 0 radical (unpaired) electrons. The van der Waals surface area contributed by atoms with Gasteiger partial charge < -0.3 is 10.4 Å². The van der Waals surface area contributed by atoms with Gasteiger partial charge in [-0.05, 0) is 103 Å². The average molecular weight is 699 g/mol. The van der Waals surface area contributed by atoms with Crippen LogP contribution in [0.4, 0.5) is 30.7 Å². The zero-order valence-corrected chi connectivity index (χ0v) is 25.1. The van der Waals surface area contributed by atoms with Gasteiger partial charge in [-0.25, -0.2) is 13.8 Å². The number of hydrogen-bond donors (Lipinski definition) is 2. The molecule has 238 valence electrons. The van der Waals surface area contributed by atoms with Crippen molar-refractivity contribution in [2.24, 2.45) is 5.92 Å². The Morgan fingerprint density at radius 1 is 1.13 bits per heavy atom. The molecular weight excluding hydrogens is 673 g/mol. The van der Waals surface area contributed by atoms with E-state index in [1.54, 1.807) is 12.1 Å². The van der Waals surface area contributed by atoms with E-state index in [4.69, 9.17) is 0 Å². The van der Waals surface area contributed by atoms with Crippen molar-refractivity contribution in [1.82, 2.24) is 20.1 Å². The summed E-state index contributed by atoms with van der Waals surface area (Å²) in [6.45, 7) is -0.967. The maximum absolute atomic E-state index is 15.3. The molecule has 3 aliphatic rings. The van der Waals surface area contributed by atoms with Crippen molar-refractivity contribution in [3.8, 4) is 11.8 Å². The molecule has 14 heteroatoms. The number of hydrogen-bond acceptors (Lipinski definition) is 4. The molecule has 2 aromatic heterocycles. The van der Waals surface area contributed by atoms with Crippen molar-refractivity contribution < 1.29 is 40.6 Å². The third kappa shape index (κ3) is 6.08. The maximum atomic E-state index is 15.3. The van der Waals surface area contributed by atoms with Gasteiger partial charge in [-0.3, -0.25) is 9.48 Å². The Morgan fingerprint density at radius 2 is 1.82 bits per heavy atom. The topological polar surface area (TPSA) is 80.0 Å². The Hall–Kier alpha value is -3.44. The molecule has 3 atom stereocenters. The molecule has 6 nitrogen and oxygen atoms in total. The van der Waals surface area contributed by atoms with Crippen molar-refractivity contribution in [3.05, 3.63) is 80.3 Å². The number of halogens is 8. The maximum Gasteiger partial charge on any atom is 0.435 e. The number of benzene rings is 1. The van der Waals surface area contributed by atoms with Crippen LogP contribution in [0.5, 0.6) is 0 Å². The molecule has 2 fully saturated rings. The van der Waals surface area contributed by atoms with Crippen LogP contribution in [0.3, 0.4) is 0 Å². The van der Waals surface area contributed by atoms with Crippen LogP contribution in [0.25, 0.3) is 0 Å². The summed E-state index contributed by atoms with van der Waals surface area (Å²) in [5, 5.41) is 16.6. The first-order valence-corrected chi connectivity index (χ1v) is 15.2. The fourth-order valence-corrected chi connectivity index (χ4v) is 7.05. The largest absolute Gasteiger partial charge is 0.435 e. The minimum absolute atomic E-state index is 0.0540. The number of nitrogens with one attached hydrogen (secondary N) is 1. The molecule has 0 spiro atoms. The smallest absolute Gasteiger partial charge is 0.378 e. The van der Waals surface area contributed by atoms with Crippen LogP contribution in [-0.4, -0.2) is 31.4 Å². The second-order valence-electron chi connectivity index (χ2n) is 11.8. The number of amides is 1. The van der Waals surface area contributed by atoms with Crippen LogP contribution in [0.1, 0.15) is 84.4 Å². The lowest BCUT2D eigenvalue weighted by Crippen LogP contribution is -2.36. The zero-order chi connectivity index (χ0) is 32.3. The summed E-state index contributed by atoms with van der Waals surface area (Å²) in [5.74, 6) is -2.97. The number of pyridine rings is 1. The van der Waals surface area contributed by atoms with Gasteiger partial charge >= 0.3 is 6.18 Å². The number of fused-ring (bicyclic) bond motifs is 3. The summed E-state index contributed by atoms with van der Waals surface area (Å²) in [7, 11) is 0. The van der Waals surface area contributed by atoms with Crippen LogP contribution in [0.15, 0.2) is 34.8 Å². The lowest BCUT2D eigenvalue weighted by molar-refractivity contribution is -0.144. The number of aliphatic hydroxyl groups is 1. The monoisotopic (exact) mass is 698 g/mol. The highest BCUT2D eigenvalue weighted by Gasteiger charge is 2.63. The molecule has 3 aliphatic carbocycles. The minimum atomic E-state index is -5.00. The second kappa shape index (κ2) is 11.4. The number of carbonyl (C=O) groups is 1. The first kappa shape index (κ1) is 31.5. The van der Waals surface area contributed by atoms with Crippen LogP contribution in [0.2, 0.25) is 0 Å². The van der Waals surface area contributed by atoms with E-state index in [9.17, 15) is 31.9 Å². The van der Waals surface area contributed by atoms with Gasteiger partial charge in [0.05, 0.1) is 11.7 Å². The Labute approximate surface area is 261 Å². The number of rotatable bonds is 6. The van der Waals surface area contributed by atoms with Gasteiger partial charge in [-0.1, -0.05) is 5.92 Å². The van der Waals surface area contributed by atoms with E-state index in [-0.39, 0.29) is 36.2 Å². The van der Waals surface area contributed by atoms with Gasteiger partial charge in [0.25, 0.3) is 5.92 Å². The van der Waals surface area contributed by atoms with Crippen molar-refractivity contribution in [2.75, 3.05) is 0 Å². The van der Waals surface area contributed by atoms with Gasteiger partial charge in [0, 0.05) is 22.0 Å². The second-order valence-corrected chi connectivity index (χ2v) is 12.7. The predicted octanol–water partition coefficient (Wildman–Crippen LogP) is 6.69. The van der Waals surface area contributed by atoms with Crippen molar-refractivity contribution in [3.63, 3.8) is 0 Å². The summed E-state index contributed by atoms with van der Waals surface area (Å²) in [5.41, 5.74) is -3.58. The van der Waals surface area contributed by atoms with E-state index in [0.717, 1.165) is 25.0 Å². The van der Waals surface area contributed by atoms with Gasteiger partial charge in [0.1, 0.15) is 35.2 Å². The fourth-order valence-electron chi connectivity index (χ4n) is 6.55. The first-order chi connectivity index (χ1) is 21.1. The Balaban J connectivity index is 1.33. The van der Waals surface area contributed by atoms with Crippen LogP contribution in [0, 0.1) is 29.4 Å². The molecule has 1 aromatic carbocycles. The standard InChI is InChI=1S/C31H26BrF7N4O2/c32-22-6-3-19(7-10-29(45)8-1-2-9-29)40-26(22)23(13-16-11-17(33)14-18(34)12-16)41-24(44)15-43-28-25(27(42-43)31(37,38)39)20-4-5-21(20)30(28,35)36/h3,6,11-12,14,20-21,23,45H,1-2,4-5,8-9,13,15H2,(H,41,44)/t20-,21+,23-/m0/s1. The van der Waals surface area contributed by atoms with Gasteiger partial charge in [0.15, 0.2) is 5.69 Å². The molecule has 3 aromatic rings. The van der Waals surface area contributed by atoms with E-state index < -0.39 is 76.6 Å². The third-order valence-corrected chi connectivity index (χ3v) is 9.40. The molecule has 0 unspecified atom stereocenters. The number of nitrogens with zero attached hydrogens (tertiary/aromatic N) is 3. The summed E-state index contributed by atoms with van der Waals surface area (Å²) >= 11 is 3.36. The molecule has 0 saturated heterocycles. The molecule has 0 bridgehead atoms. The average Bonchev–Trinajstić information content (AvgIpc) is 3.54. The van der Waals surface area contributed by atoms with E-state index in [2.05, 4.69) is 43.2 Å². The van der Waals surface area contributed by atoms with E-state index in [1.165, 1.54) is 0 Å². The highest BCUT2D eigenvalue weighted by atomic mass is 79.9. The van der Waals surface area contributed by atoms with Crippen LogP contribution in [-0.2, 0) is 29.9 Å². The lowest BCUT2D eigenvalue weighted by Gasteiger charge is -2.34. The van der Waals surface area contributed by atoms with Gasteiger partial charge in [-0.2, -0.15) is 27.1 Å². The van der Waals surface area contributed by atoms with Crippen LogP contribution < -0.4 is 5.32 Å². The third-order valence-electron chi connectivity index (χ3n) is 8.73. The minimum Gasteiger partial charge on any atom is -0.378 e. The predicted molar refractivity (Wildman–Crippen MR) is 150 cm³/mol. The first-order valence-electron chi connectivity index (χ1n) is 14.4. The van der Waals surface area contributed by atoms with Crippen molar-refractivity contribution in [1.29, 1.82) is 0 Å².